The first-order chi connectivity index (χ1) is 12.3. The summed E-state index contributed by atoms with van der Waals surface area (Å²) < 4.78 is 16.8. The molecule has 0 unspecified atom stereocenters. The van der Waals surface area contributed by atoms with Gasteiger partial charge < -0.3 is 14.2 Å². The highest BCUT2D eigenvalue weighted by molar-refractivity contribution is 5.79. The van der Waals surface area contributed by atoms with Crippen molar-refractivity contribution in [2.45, 2.75) is 40.2 Å². The highest BCUT2D eigenvalue weighted by Gasteiger charge is 2.32. The second kappa shape index (κ2) is 7.92. The van der Waals surface area contributed by atoms with Gasteiger partial charge in [-0.3, -0.25) is 0 Å². The van der Waals surface area contributed by atoms with E-state index in [-0.39, 0.29) is 0 Å². The van der Waals surface area contributed by atoms with E-state index >= 15 is 0 Å². The van der Waals surface area contributed by atoms with Crippen LogP contribution in [-0.4, -0.2) is 18.2 Å². The first kappa shape index (κ1) is 19.3. The molecule has 26 heavy (non-hydrogen) atoms. The summed E-state index contributed by atoms with van der Waals surface area (Å²) >= 11 is 0. The van der Waals surface area contributed by atoms with Crippen molar-refractivity contribution in [3.05, 3.63) is 53.1 Å². The van der Waals surface area contributed by atoms with Crippen molar-refractivity contribution in [2.24, 2.45) is 0 Å². The summed E-state index contributed by atoms with van der Waals surface area (Å²) in [7, 11) is 0. The number of hydrogen-bond donors (Lipinski definition) is 0. The summed E-state index contributed by atoms with van der Waals surface area (Å²) in [6, 6.07) is 12.8. The van der Waals surface area contributed by atoms with Crippen molar-refractivity contribution in [3.63, 3.8) is 0 Å². The SMILES string of the molecule is CCOC(=O)C(C)(C)Oc1ccc(Oc2cc(C#N)ccc2C)cc1C. The average molecular weight is 353 g/mol. The highest BCUT2D eigenvalue weighted by atomic mass is 16.6. The van der Waals surface area contributed by atoms with Crippen LogP contribution in [-0.2, 0) is 9.53 Å². The number of carbonyl (C=O) groups excluding carboxylic acids is 1. The van der Waals surface area contributed by atoms with Crippen LogP contribution in [0.25, 0.3) is 0 Å². The van der Waals surface area contributed by atoms with Crippen molar-refractivity contribution in [1.29, 1.82) is 5.26 Å². The molecule has 0 spiro atoms. The molecule has 0 aliphatic rings. The molecule has 0 amide bonds. The Morgan fingerprint density at radius 1 is 1.08 bits per heavy atom. The molecule has 2 rings (SSSR count). The van der Waals surface area contributed by atoms with Crippen LogP contribution in [0.5, 0.6) is 17.2 Å². The molecule has 2 aromatic carbocycles. The number of benzene rings is 2. The summed E-state index contributed by atoms with van der Waals surface area (Å²) in [5.74, 6) is 1.42. The molecule has 0 N–H and O–H groups in total. The number of nitrogens with zero attached hydrogens (tertiary/aromatic N) is 1. The summed E-state index contributed by atoms with van der Waals surface area (Å²) in [5, 5.41) is 9.03. The Morgan fingerprint density at radius 2 is 1.81 bits per heavy atom. The van der Waals surface area contributed by atoms with E-state index in [1.807, 2.05) is 26.0 Å². The van der Waals surface area contributed by atoms with Crippen LogP contribution in [0.1, 0.15) is 37.5 Å². The topological polar surface area (TPSA) is 68.6 Å². The minimum atomic E-state index is -1.08. The van der Waals surface area contributed by atoms with Crippen LogP contribution in [0.3, 0.4) is 0 Å². The molecule has 0 saturated heterocycles. The maximum Gasteiger partial charge on any atom is 0.349 e. The van der Waals surface area contributed by atoms with Gasteiger partial charge >= 0.3 is 5.97 Å². The van der Waals surface area contributed by atoms with Gasteiger partial charge in [-0.25, -0.2) is 4.79 Å². The van der Waals surface area contributed by atoms with E-state index in [1.165, 1.54) is 0 Å². The maximum absolute atomic E-state index is 12.0. The zero-order chi connectivity index (χ0) is 19.3. The third-order valence-corrected chi connectivity index (χ3v) is 3.82. The standard InChI is InChI=1S/C21H23NO4/c1-6-24-20(23)21(4,5)26-18-10-9-17(11-15(18)3)25-19-12-16(13-22)8-7-14(19)2/h7-12H,6H2,1-5H3. The summed E-state index contributed by atoms with van der Waals surface area (Å²) in [5.41, 5.74) is 1.22. The van der Waals surface area contributed by atoms with Gasteiger partial charge in [0.25, 0.3) is 0 Å². The minimum absolute atomic E-state index is 0.304. The lowest BCUT2D eigenvalue weighted by Gasteiger charge is -2.25. The van der Waals surface area contributed by atoms with Gasteiger partial charge in [0.1, 0.15) is 17.2 Å². The van der Waals surface area contributed by atoms with E-state index in [0.717, 1.165) is 11.1 Å². The smallest absolute Gasteiger partial charge is 0.349 e. The third kappa shape index (κ3) is 4.54. The molecular formula is C21H23NO4. The lowest BCUT2D eigenvalue weighted by atomic mass is 10.1. The Bertz CT molecular complexity index is 850. The van der Waals surface area contributed by atoms with Crippen molar-refractivity contribution in [2.75, 3.05) is 6.61 Å². The molecule has 0 saturated carbocycles. The molecule has 2 aromatic rings. The molecule has 0 atom stereocenters. The van der Waals surface area contributed by atoms with Crippen LogP contribution >= 0.6 is 0 Å². The number of aryl methyl sites for hydroxylation is 2. The molecule has 136 valence electrons. The predicted molar refractivity (Wildman–Crippen MR) is 98.5 cm³/mol. The number of rotatable bonds is 6. The van der Waals surface area contributed by atoms with Gasteiger partial charge in [0.2, 0.25) is 0 Å². The van der Waals surface area contributed by atoms with Crippen molar-refractivity contribution >= 4 is 5.97 Å². The van der Waals surface area contributed by atoms with Gasteiger partial charge in [0.05, 0.1) is 18.2 Å². The molecule has 0 bridgehead atoms. The second-order valence-electron chi connectivity index (χ2n) is 6.45. The maximum atomic E-state index is 12.0. The number of carbonyl (C=O) groups is 1. The van der Waals surface area contributed by atoms with Gasteiger partial charge in [-0.1, -0.05) is 6.07 Å². The molecule has 0 heterocycles. The van der Waals surface area contributed by atoms with Crippen LogP contribution in [0.15, 0.2) is 36.4 Å². The lowest BCUT2D eigenvalue weighted by molar-refractivity contribution is -0.158. The number of nitriles is 1. The molecule has 0 fully saturated rings. The normalized spacial score (nSPS) is 10.8. The predicted octanol–water partition coefficient (Wildman–Crippen LogP) is 4.69. The van der Waals surface area contributed by atoms with E-state index in [2.05, 4.69) is 6.07 Å². The summed E-state index contributed by atoms with van der Waals surface area (Å²) in [6.45, 7) is 9.20. The first-order valence-corrected chi connectivity index (χ1v) is 8.42. The van der Waals surface area contributed by atoms with E-state index in [9.17, 15) is 4.79 Å². The van der Waals surface area contributed by atoms with Crippen molar-refractivity contribution in [1.82, 2.24) is 0 Å². The molecule has 0 aromatic heterocycles. The number of esters is 1. The monoisotopic (exact) mass is 353 g/mol. The quantitative estimate of drug-likeness (QED) is 0.705. The second-order valence-corrected chi connectivity index (χ2v) is 6.45. The average Bonchev–Trinajstić information content (AvgIpc) is 2.59. The Labute approximate surface area is 154 Å². The Hall–Kier alpha value is -3.00. The van der Waals surface area contributed by atoms with Crippen molar-refractivity contribution in [3.8, 4) is 23.3 Å². The molecule has 0 radical (unpaired) electrons. The van der Waals surface area contributed by atoms with E-state index in [4.69, 9.17) is 19.5 Å². The van der Waals surface area contributed by atoms with Crippen LogP contribution < -0.4 is 9.47 Å². The fourth-order valence-electron chi connectivity index (χ4n) is 2.33. The minimum Gasteiger partial charge on any atom is -0.476 e. The molecular weight excluding hydrogens is 330 g/mol. The zero-order valence-corrected chi connectivity index (χ0v) is 15.8. The van der Waals surface area contributed by atoms with Gasteiger partial charge in [0.15, 0.2) is 5.60 Å². The van der Waals surface area contributed by atoms with Gasteiger partial charge in [-0.15, -0.1) is 0 Å². The summed E-state index contributed by atoms with van der Waals surface area (Å²) in [4.78, 5) is 12.0. The number of ether oxygens (including phenoxy) is 3. The van der Waals surface area contributed by atoms with Crippen LogP contribution in [0.2, 0.25) is 0 Å². The van der Waals surface area contributed by atoms with Gasteiger partial charge in [0, 0.05) is 0 Å². The lowest BCUT2D eigenvalue weighted by Crippen LogP contribution is -2.39. The Kier molecular flexibility index (Phi) is 5.89. The molecule has 5 heteroatoms. The van der Waals surface area contributed by atoms with Crippen molar-refractivity contribution < 1.29 is 19.0 Å². The fraction of sp³-hybridized carbons (Fsp3) is 0.333. The van der Waals surface area contributed by atoms with E-state index in [1.54, 1.807) is 45.0 Å². The molecule has 0 aliphatic carbocycles. The van der Waals surface area contributed by atoms with Crippen LogP contribution in [0, 0.1) is 25.2 Å². The third-order valence-electron chi connectivity index (χ3n) is 3.82. The van der Waals surface area contributed by atoms with E-state index in [0.29, 0.717) is 29.4 Å². The largest absolute Gasteiger partial charge is 0.476 e. The fourth-order valence-corrected chi connectivity index (χ4v) is 2.33. The van der Waals surface area contributed by atoms with E-state index < -0.39 is 11.6 Å². The summed E-state index contributed by atoms with van der Waals surface area (Å²) in [6.07, 6.45) is 0. The first-order valence-electron chi connectivity index (χ1n) is 8.42. The van der Waals surface area contributed by atoms with Crippen LogP contribution in [0.4, 0.5) is 0 Å². The highest BCUT2D eigenvalue weighted by Crippen LogP contribution is 2.31. The number of hydrogen-bond acceptors (Lipinski definition) is 5. The molecule has 0 aliphatic heterocycles. The molecule has 5 nitrogen and oxygen atoms in total. The van der Waals surface area contributed by atoms with Gasteiger partial charge in [-0.05, 0) is 76.1 Å². The van der Waals surface area contributed by atoms with Gasteiger partial charge in [-0.2, -0.15) is 5.26 Å². The zero-order valence-electron chi connectivity index (χ0n) is 15.8. The Balaban J connectivity index is 2.20. The Morgan fingerprint density at radius 3 is 2.42 bits per heavy atom.